The van der Waals surface area contributed by atoms with Crippen LogP contribution in [0.5, 0.6) is 0 Å². The average Bonchev–Trinajstić information content (AvgIpc) is 3.18. The van der Waals surface area contributed by atoms with Crippen LogP contribution in [0.25, 0.3) is 0 Å². The summed E-state index contributed by atoms with van der Waals surface area (Å²) in [5.41, 5.74) is 0.845. The second-order valence-corrected chi connectivity index (χ2v) is 7.18. The van der Waals surface area contributed by atoms with Gasteiger partial charge in [-0.1, -0.05) is 30.3 Å². The van der Waals surface area contributed by atoms with Gasteiger partial charge in [-0.05, 0) is 46.3 Å². The van der Waals surface area contributed by atoms with Crippen molar-refractivity contribution in [3.63, 3.8) is 0 Å². The van der Waals surface area contributed by atoms with Crippen molar-refractivity contribution in [2.45, 2.75) is 43.9 Å². The predicted octanol–water partition coefficient (Wildman–Crippen LogP) is 1.99. The maximum atomic E-state index is 12.8. The van der Waals surface area contributed by atoms with E-state index in [2.05, 4.69) is 50.3 Å². The molecule has 1 heterocycles. The summed E-state index contributed by atoms with van der Waals surface area (Å²) in [6, 6.07) is 10.3. The second-order valence-electron chi connectivity index (χ2n) is 7.18. The maximum absolute atomic E-state index is 12.8. The summed E-state index contributed by atoms with van der Waals surface area (Å²) in [6.07, 6.45) is 1.93. The molecule has 1 aromatic rings. The number of nitrogens with one attached hydrogen (secondary N) is 1. The van der Waals surface area contributed by atoms with Crippen LogP contribution >= 0.6 is 0 Å². The van der Waals surface area contributed by atoms with Crippen LogP contribution in [0.3, 0.4) is 0 Å². The Bertz CT molecular complexity index is 534. The van der Waals surface area contributed by atoms with Gasteiger partial charge in [-0.2, -0.15) is 0 Å². The van der Waals surface area contributed by atoms with E-state index in [1.165, 1.54) is 5.56 Å². The summed E-state index contributed by atoms with van der Waals surface area (Å²) in [5, 5.41) is 3.58. The molecule has 1 spiro atoms. The Morgan fingerprint density at radius 1 is 1.29 bits per heavy atom. The van der Waals surface area contributed by atoms with Crippen molar-refractivity contribution in [3.8, 4) is 0 Å². The van der Waals surface area contributed by atoms with Crippen molar-refractivity contribution >= 4 is 5.91 Å². The van der Waals surface area contributed by atoms with E-state index < -0.39 is 0 Å². The van der Waals surface area contributed by atoms with Gasteiger partial charge in [0.1, 0.15) is 11.7 Å². The first kappa shape index (κ1) is 14.5. The number of benzene rings is 1. The van der Waals surface area contributed by atoms with Crippen molar-refractivity contribution in [1.82, 2.24) is 15.1 Å². The molecule has 1 aliphatic heterocycles. The summed E-state index contributed by atoms with van der Waals surface area (Å²) in [7, 11) is 4.14. The van der Waals surface area contributed by atoms with Crippen molar-refractivity contribution in [3.05, 3.63) is 35.9 Å². The van der Waals surface area contributed by atoms with E-state index in [9.17, 15) is 4.79 Å². The van der Waals surface area contributed by atoms with Gasteiger partial charge in [-0.3, -0.25) is 10.1 Å². The van der Waals surface area contributed by atoms with Gasteiger partial charge in [-0.25, -0.2) is 0 Å². The number of carbonyl (C=O) groups excluding carboxylic acids is 1. The number of hydrogen-bond donors (Lipinski definition) is 1. The van der Waals surface area contributed by atoms with Gasteiger partial charge >= 0.3 is 0 Å². The smallest absolute Gasteiger partial charge is 0.244 e. The van der Waals surface area contributed by atoms with Crippen molar-refractivity contribution in [1.29, 1.82) is 0 Å². The molecule has 3 rings (SSSR count). The molecule has 21 heavy (non-hydrogen) atoms. The average molecular weight is 287 g/mol. The summed E-state index contributed by atoms with van der Waals surface area (Å²) in [6.45, 7) is 5.09. The summed E-state index contributed by atoms with van der Waals surface area (Å²) >= 11 is 0. The van der Waals surface area contributed by atoms with Crippen LogP contribution in [0, 0.1) is 0 Å². The lowest BCUT2D eigenvalue weighted by molar-refractivity contribution is -0.132. The molecule has 2 aliphatic rings. The lowest BCUT2D eigenvalue weighted by Crippen LogP contribution is -2.50. The molecule has 1 saturated carbocycles. The summed E-state index contributed by atoms with van der Waals surface area (Å²) in [4.78, 5) is 17.0. The molecule has 2 fully saturated rings. The highest BCUT2D eigenvalue weighted by Crippen LogP contribution is 2.46. The number of hydrogen-bond acceptors (Lipinski definition) is 3. The zero-order chi connectivity index (χ0) is 15.3. The molecule has 1 aliphatic carbocycles. The van der Waals surface area contributed by atoms with Crippen LogP contribution in [0.4, 0.5) is 0 Å². The largest absolute Gasteiger partial charge is 0.319 e. The van der Waals surface area contributed by atoms with Crippen LogP contribution in [0.2, 0.25) is 0 Å². The van der Waals surface area contributed by atoms with E-state index >= 15 is 0 Å². The molecule has 1 amide bonds. The standard InChI is InChI=1S/C17H25N3O/c1-16(2,19(3)4)12-20-14(13-8-6-5-7-9-13)18-17(10-11-17)15(20)21/h5-9,14,18H,10-12H2,1-4H3. The molecule has 1 saturated heterocycles. The van der Waals surface area contributed by atoms with Crippen molar-refractivity contribution in [2.75, 3.05) is 20.6 Å². The fraction of sp³-hybridized carbons (Fsp3) is 0.588. The molecule has 0 radical (unpaired) electrons. The van der Waals surface area contributed by atoms with Crippen LogP contribution in [-0.2, 0) is 4.79 Å². The molecule has 4 nitrogen and oxygen atoms in total. The van der Waals surface area contributed by atoms with Crippen LogP contribution in [-0.4, -0.2) is 47.4 Å². The zero-order valence-electron chi connectivity index (χ0n) is 13.4. The minimum atomic E-state index is -0.275. The van der Waals surface area contributed by atoms with Gasteiger partial charge in [0.25, 0.3) is 0 Å². The minimum absolute atomic E-state index is 0.000394. The lowest BCUT2D eigenvalue weighted by atomic mass is 10.0. The molecule has 114 valence electrons. The molecule has 0 bridgehead atoms. The Morgan fingerprint density at radius 3 is 2.43 bits per heavy atom. The predicted molar refractivity (Wildman–Crippen MR) is 83.8 cm³/mol. The number of nitrogens with zero attached hydrogens (tertiary/aromatic N) is 2. The monoisotopic (exact) mass is 287 g/mol. The summed E-state index contributed by atoms with van der Waals surface area (Å²) < 4.78 is 0. The van der Waals surface area contributed by atoms with Crippen molar-refractivity contribution in [2.24, 2.45) is 0 Å². The molecule has 1 aromatic carbocycles. The van der Waals surface area contributed by atoms with E-state index in [0.717, 1.165) is 19.4 Å². The van der Waals surface area contributed by atoms with Gasteiger partial charge in [0.2, 0.25) is 5.91 Å². The van der Waals surface area contributed by atoms with Crippen LogP contribution in [0.1, 0.15) is 38.4 Å². The Kier molecular flexibility index (Phi) is 3.34. The normalized spacial score (nSPS) is 24.1. The molecule has 1 atom stereocenters. The van der Waals surface area contributed by atoms with Crippen molar-refractivity contribution < 1.29 is 4.79 Å². The molecule has 4 heteroatoms. The van der Waals surface area contributed by atoms with E-state index in [1.807, 2.05) is 23.1 Å². The Hall–Kier alpha value is -1.39. The third-order valence-corrected chi connectivity index (χ3v) is 5.03. The highest BCUT2D eigenvalue weighted by Gasteiger charge is 2.59. The van der Waals surface area contributed by atoms with E-state index in [1.54, 1.807) is 0 Å². The lowest BCUT2D eigenvalue weighted by Gasteiger charge is -2.38. The van der Waals surface area contributed by atoms with Crippen LogP contribution in [0.15, 0.2) is 30.3 Å². The highest BCUT2D eigenvalue weighted by atomic mass is 16.2. The third-order valence-electron chi connectivity index (χ3n) is 5.03. The Balaban J connectivity index is 1.89. The van der Waals surface area contributed by atoms with Gasteiger partial charge in [0.15, 0.2) is 0 Å². The van der Waals surface area contributed by atoms with Gasteiger partial charge in [0.05, 0.1) is 0 Å². The first-order chi connectivity index (χ1) is 9.86. The van der Waals surface area contributed by atoms with Crippen LogP contribution < -0.4 is 5.32 Å². The SMILES string of the molecule is CN(C)C(C)(C)CN1C(=O)C2(CC2)NC1c1ccccc1. The number of carbonyl (C=O) groups is 1. The second kappa shape index (κ2) is 4.82. The number of likely N-dealkylation sites (N-methyl/N-ethyl adjacent to an activating group) is 1. The van der Waals surface area contributed by atoms with E-state index in [-0.39, 0.29) is 23.2 Å². The maximum Gasteiger partial charge on any atom is 0.244 e. The van der Waals surface area contributed by atoms with Gasteiger partial charge < -0.3 is 9.80 Å². The fourth-order valence-electron chi connectivity index (χ4n) is 2.90. The first-order valence-electron chi connectivity index (χ1n) is 7.67. The number of rotatable bonds is 4. The van der Waals surface area contributed by atoms with Gasteiger partial charge in [-0.15, -0.1) is 0 Å². The topological polar surface area (TPSA) is 35.6 Å². The number of amides is 1. The summed E-state index contributed by atoms with van der Waals surface area (Å²) in [5.74, 6) is 0.270. The van der Waals surface area contributed by atoms with E-state index in [0.29, 0.717) is 0 Å². The quantitative estimate of drug-likeness (QED) is 0.920. The molecular weight excluding hydrogens is 262 g/mol. The van der Waals surface area contributed by atoms with E-state index in [4.69, 9.17) is 0 Å². The molecular formula is C17H25N3O. The Labute approximate surface area is 127 Å². The zero-order valence-corrected chi connectivity index (χ0v) is 13.4. The Morgan fingerprint density at radius 2 is 1.90 bits per heavy atom. The molecule has 1 N–H and O–H groups in total. The first-order valence-corrected chi connectivity index (χ1v) is 7.67. The van der Waals surface area contributed by atoms with Gasteiger partial charge in [0, 0.05) is 12.1 Å². The molecule has 0 aromatic heterocycles. The fourth-order valence-corrected chi connectivity index (χ4v) is 2.90. The third kappa shape index (κ3) is 2.47. The minimum Gasteiger partial charge on any atom is -0.319 e. The molecule has 1 unspecified atom stereocenters. The highest BCUT2D eigenvalue weighted by molar-refractivity contribution is 5.92.